The van der Waals surface area contributed by atoms with E-state index < -0.39 is 0 Å². The van der Waals surface area contributed by atoms with Gasteiger partial charge in [0, 0.05) is 13.1 Å². The van der Waals surface area contributed by atoms with Crippen LogP contribution in [0.5, 0.6) is 0 Å². The van der Waals surface area contributed by atoms with Crippen molar-refractivity contribution in [2.45, 2.75) is 47.7 Å². The lowest BCUT2D eigenvalue weighted by Gasteiger charge is -2.13. The van der Waals surface area contributed by atoms with Gasteiger partial charge >= 0.3 is 0 Å². The van der Waals surface area contributed by atoms with Crippen LogP contribution in [0, 0.1) is 40.4 Å². The number of hydrogen-bond donors (Lipinski definition) is 1. The van der Waals surface area contributed by atoms with Crippen molar-refractivity contribution < 1.29 is 4.39 Å². The molecule has 1 nitrogen and oxygen atoms in total. The fourth-order valence-corrected chi connectivity index (χ4v) is 2.96. The van der Waals surface area contributed by atoms with Gasteiger partial charge in [-0.1, -0.05) is 29.8 Å². The molecule has 0 aliphatic carbocycles. The first-order valence-electron chi connectivity index (χ1n) is 7.41. The second-order valence-corrected chi connectivity index (χ2v) is 6.02. The van der Waals surface area contributed by atoms with Gasteiger partial charge in [-0.3, -0.25) is 0 Å². The minimum Gasteiger partial charge on any atom is -0.309 e. The lowest BCUT2D eigenvalue weighted by Crippen LogP contribution is -2.15. The molecule has 0 radical (unpaired) electrons. The summed E-state index contributed by atoms with van der Waals surface area (Å²) in [4.78, 5) is 0. The van der Waals surface area contributed by atoms with Crippen molar-refractivity contribution in [3.63, 3.8) is 0 Å². The average Bonchev–Trinajstić information content (AvgIpc) is 2.38. The van der Waals surface area contributed by atoms with Gasteiger partial charge < -0.3 is 5.32 Å². The topological polar surface area (TPSA) is 12.0 Å². The minimum atomic E-state index is -0.0935. The van der Waals surface area contributed by atoms with Gasteiger partial charge in [-0.15, -0.1) is 0 Å². The summed E-state index contributed by atoms with van der Waals surface area (Å²) in [6.07, 6.45) is 0. The molecule has 112 valence electrons. The third kappa shape index (κ3) is 3.70. The molecule has 0 aromatic heterocycles. The molecule has 0 saturated carbocycles. The van der Waals surface area contributed by atoms with Crippen LogP contribution in [0.3, 0.4) is 0 Å². The molecular formula is C19H24FN. The second-order valence-electron chi connectivity index (χ2n) is 6.02. The van der Waals surface area contributed by atoms with Crippen LogP contribution >= 0.6 is 0 Å². The Labute approximate surface area is 127 Å². The Bertz CT molecular complexity index is 613. The van der Waals surface area contributed by atoms with Crippen molar-refractivity contribution in [3.8, 4) is 0 Å². The zero-order chi connectivity index (χ0) is 15.6. The molecule has 21 heavy (non-hydrogen) atoms. The summed E-state index contributed by atoms with van der Waals surface area (Å²) in [5.41, 5.74) is 7.88. The van der Waals surface area contributed by atoms with Crippen LogP contribution in [0.2, 0.25) is 0 Å². The summed E-state index contributed by atoms with van der Waals surface area (Å²) in [5, 5.41) is 3.47. The quantitative estimate of drug-likeness (QED) is 0.861. The molecule has 0 bridgehead atoms. The highest BCUT2D eigenvalue weighted by Crippen LogP contribution is 2.17. The molecule has 0 amide bonds. The number of halogens is 1. The van der Waals surface area contributed by atoms with E-state index in [-0.39, 0.29) is 5.82 Å². The van der Waals surface area contributed by atoms with Crippen LogP contribution in [-0.2, 0) is 13.1 Å². The highest BCUT2D eigenvalue weighted by Gasteiger charge is 2.06. The Kier molecular flexibility index (Phi) is 4.79. The molecular weight excluding hydrogens is 261 g/mol. The molecule has 0 spiro atoms. The molecule has 0 heterocycles. The smallest absolute Gasteiger partial charge is 0.129 e. The van der Waals surface area contributed by atoms with Crippen LogP contribution < -0.4 is 5.32 Å². The van der Waals surface area contributed by atoms with E-state index in [0.717, 1.165) is 29.8 Å². The van der Waals surface area contributed by atoms with E-state index in [1.165, 1.54) is 22.3 Å². The molecule has 0 saturated heterocycles. The minimum absolute atomic E-state index is 0.0935. The van der Waals surface area contributed by atoms with Crippen molar-refractivity contribution in [1.82, 2.24) is 5.32 Å². The largest absolute Gasteiger partial charge is 0.309 e. The maximum Gasteiger partial charge on any atom is 0.129 e. The normalized spacial score (nSPS) is 11.0. The second kappa shape index (κ2) is 6.40. The molecule has 0 aliphatic heterocycles. The Balaban J connectivity index is 2.05. The predicted octanol–water partition coefficient (Wildman–Crippen LogP) is 4.66. The maximum atomic E-state index is 13.6. The first kappa shape index (κ1) is 15.7. The van der Waals surface area contributed by atoms with Crippen LogP contribution in [0.25, 0.3) is 0 Å². The zero-order valence-electron chi connectivity index (χ0n) is 13.6. The first-order valence-corrected chi connectivity index (χ1v) is 7.41. The fourth-order valence-electron chi connectivity index (χ4n) is 2.96. The van der Waals surface area contributed by atoms with E-state index in [1.807, 2.05) is 26.0 Å². The van der Waals surface area contributed by atoms with E-state index in [1.54, 1.807) is 0 Å². The van der Waals surface area contributed by atoms with Crippen molar-refractivity contribution >= 4 is 0 Å². The molecule has 0 aliphatic rings. The number of aryl methyl sites for hydroxylation is 5. The van der Waals surface area contributed by atoms with E-state index in [4.69, 9.17) is 0 Å². The van der Waals surface area contributed by atoms with Gasteiger partial charge in [0.1, 0.15) is 5.82 Å². The lowest BCUT2D eigenvalue weighted by molar-refractivity contribution is 0.606. The molecule has 2 aromatic carbocycles. The van der Waals surface area contributed by atoms with Crippen molar-refractivity contribution in [1.29, 1.82) is 0 Å². The molecule has 2 heteroatoms. The summed E-state index contributed by atoms with van der Waals surface area (Å²) in [7, 11) is 0. The van der Waals surface area contributed by atoms with Gasteiger partial charge in [0.25, 0.3) is 0 Å². The standard InChI is InChI=1S/C19H24FN/c1-12-6-13(2)18(14(3)7-12)11-21-10-17-8-15(4)19(20)16(5)9-17/h6-9,21H,10-11H2,1-5H3. The molecule has 0 unspecified atom stereocenters. The van der Waals surface area contributed by atoms with E-state index >= 15 is 0 Å². The number of rotatable bonds is 4. The Morgan fingerprint density at radius 2 is 1.29 bits per heavy atom. The average molecular weight is 285 g/mol. The Hall–Kier alpha value is -1.67. The predicted molar refractivity (Wildman–Crippen MR) is 87.1 cm³/mol. The Morgan fingerprint density at radius 3 is 1.81 bits per heavy atom. The van der Waals surface area contributed by atoms with Crippen molar-refractivity contribution in [2.24, 2.45) is 0 Å². The highest BCUT2D eigenvalue weighted by molar-refractivity contribution is 5.37. The molecule has 2 aromatic rings. The molecule has 0 fully saturated rings. The molecule has 2 rings (SSSR count). The van der Waals surface area contributed by atoms with Crippen LogP contribution in [0.4, 0.5) is 4.39 Å². The molecule has 1 N–H and O–H groups in total. The third-order valence-electron chi connectivity index (χ3n) is 3.97. The van der Waals surface area contributed by atoms with E-state index in [9.17, 15) is 4.39 Å². The van der Waals surface area contributed by atoms with Gasteiger partial charge in [0.15, 0.2) is 0 Å². The lowest BCUT2D eigenvalue weighted by atomic mass is 9.99. The Morgan fingerprint density at radius 1 is 0.762 bits per heavy atom. The first-order chi connectivity index (χ1) is 9.88. The molecule has 0 atom stereocenters. The van der Waals surface area contributed by atoms with Crippen LogP contribution in [-0.4, -0.2) is 0 Å². The maximum absolute atomic E-state index is 13.6. The summed E-state index contributed by atoms with van der Waals surface area (Å²) >= 11 is 0. The van der Waals surface area contributed by atoms with Gasteiger partial charge in [-0.2, -0.15) is 0 Å². The summed E-state index contributed by atoms with van der Waals surface area (Å²) in [6, 6.07) is 8.28. The number of nitrogens with one attached hydrogen (secondary N) is 1. The van der Waals surface area contributed by atoms with Gasteiger partial charge in [-0.05, 0) is 68.0 Å². The summed E-state index contributed by atoms with van der Waals surface area (Å²) < 4.78 is 13.6. The SMILES string of the molecule is Cc1cc(C)c(CNCc2cc(C)c(F)c(C)c2)c(C)c1. The van der Waals surface area contributed by atoms with Gasteiger partial charge in [0.05, 0.1) is 0 Å². The van der Waals surface area contributed by atoms with Crippen molar-refractivity contribution in [3.05, 3.63) is 69.0 Å². The highest BCUT2D eigenvalue weighted by atomic mass is 19.1. The van der Waals surface area contributed by atoms with Crippen LogP contribution in [0.1, 0.15) is 38.9 Å². The van der Waals surface area contributed by atoms with Crippen molar-refractivity contribution in [2.75, 3.05) is 0 Å². The fraction of sp³-hybridized carbons (Fsp3) is 0.368. The number of hydrogen-bond acceptors (Lipinski definition) is 1. The van der Waals surface area contributed by atoms with Gasteiger partial charge in [-0.25, -0.2) is 4.39 Å². The summed E-state index contributed by atoms with van der Waals surface area (Å²) in [5.74, 6) is -0.0935. The zero-order valence-corrected chi connectivity index (χ0v) is 13.6. The van der Waals surface area contributed by atoms with E-state index in [0.29, 0.717) is 0 Å². The third-order valence-corrected chi connectivity index (χ3v) is 3.97. The summed E-state index contributed by atoms with van der Waals surface area (Å²) in [6.45, 7) is 11.7. The van der Waals surface area contributed by atoms with Crippen LogP contribution in [0.15, 0.2) is 24.3 Å². The van der Waals surface area contributed by atoms with E-state index in [2.05, 4.69) is 38.2 Å². The monoisotopic (exact) mass is 285 g/mol. The number of benzene rings is 2. The van der Waals surface area contributed by atoms with Gasteiger partial charge in [0.2, 0.25) is 0 Å².